The third-order valence-corrected chi connectivity index (χ3v) is 3.96. The molecule has 1 amide bonds. The first-order chi connectivity index (χ1) is 9.13. The van der Waals surface area contributed by atoms with E-state index in [0.717, 1.165) is 35.4 Å². The molecule has 4 nitrogen and oxygen atoms in total. The van der Waals surface area contributed by atoms with Crippen molar-refractivity contribution in [2.75, 3.05) is 18.4 Å². The lowest BCUT2D eigenvalue weighted by Gasteiger charge is -2.31. The van der Waals surface area contributed by atoms with Gasteiger partial charge in [-0.05, 0) is 50.2 Å². The lowest BCUT2D eigenvalue weighted by atomic mass is 9.88. The second-order valence-corrected chi connectivity index (χ2v) is 5.45. The van der Waals surface area contributed by atoms with E-state index in [4.69, 9.17) is 0 Å². The molecule has 0 bridgehead atoms. The normalized spacial score (nSPS) is 17.2. The van der Waals surface area contributed by atoms with Crippen molar-refractivity contribution in [2.24, 2.45) is 11.8 Å². The van der Waals surface area contributed by atoms with Crippen molar-refractivity contribution in [1.82, 2.24) is 10.3 Å². The third-order valence-electron chi connectivity index (χ3n) is 3.96. The summed E-state index contributed by atoms with van der Waals surface area (Å²) in [4.78, 5) is 15.4. The molecule has 2 aromatic rings. The van der Waals surface area contributed by atoms with Gasteiger partial charge in [-0.1, -0.05) is 6.92 Å². The largest absolute Gasteiger partial charge is 0.359 e. The van der Waals surface area contributed by atoms with Crippen molar-refractivity contribution in [3.8, 4) is 0 Å². The first-order valence-corrected chi connectivity index (χ1v) is 6.74. The maximum Gasteiger partial charge on any atom is 0.227 e. The van der Waals surface area contributed by atoms with Crippen LogP contribution in [-0.2, 0) is 4.79 Å². The van der Waals surface area contributed by atoms with Crippen LogP contribution in [0.2, 0.25) is 0 Å². The first kappa shape index (κ1) is 12.2. The summed E-state index contributed by atoms with van der Waals surface area (Å²) in [5.41, 5.74) is 3.11. The Morgan fingerprint density at radius 3 is 2.84 bits per heavy atom. The fourth-order valence-corrected chi connectivity index (χ4v) is 2.49. The molecule has 1 atom stereocenters. The van der Waals surface area contributed by atoms with E-state index in [1.165, 1.54) is 0 Å². The minimum Gasteiger partial charge on any atom is -0.359 e. The molecule has 0 radical (unpaired) electrons. The van der Waals surface area contributed by atoms with E-state index in [0.29, 0.717) is 5.92 Å². The molecule has 1 unspecified atom stereocenters. The second-order valence-electron chi connectivity index (χ2n) is 5.45. The van der Waals surface area contributed by atoms with Gasteiger partial charge in [-0.2, -0.15) is 0 Å². The molecule has 19 heavy (non-hydrogen) atoms. The SMILES string of the molecule is Cc1cc2cc(NC(=O)C(C)C3CNC3)ccc2[nH]1. The number of nitrogens with one attached hydrogen (secondary N) is 3. The molecule has 1 saturated heterocycles. The Labute approximate surface area is 112 Å². The van der Waals surface area contributed by atoms with E-state index >= 15 is 0 Å². The highest BCUT2D eigenvalue weighted by molar-refractivity contribution is 5.95. The van der Waals surface area contributed by atoms with Crippen LogP contribution in [0.3, 0.4) is 0 Å². The Morgan fingerprint density at radius 1 is 1.37 bits per heavy atom. The van der Waals surface area contributed by atoms with E-state index in [-0.39, 0.29) is 11.8 Å². The van der Waals surface area contributed by atoms with Gasteiger partial charge in [0.05, 0.1) is 0 Å². The number of H-pyrrole nitrogens is 1. The highest BCUT2D eigenvalue weighted by Gasteiger charge is 2.28. The summed E-state index contributed by atoms with van der Waals surface area (Å²) in [7, 11) is 0. The number of aryl methyl sites for hydroxylation is 1. The van der Waals surface area contributed by atoms with Crippen molar-refractivity contribution in [3.63, 3.8) is 0 Å². The van der Waals surface area contributed by atoms with Gasteiger partial charge in [-0.15, -0.1) is 0 Å². The molecular weight excluding hydrogens is 238 g/mol. The number of hydrogen-bond donors (Lipinski definition) is 3. The molecular formula is C15H19N3O. The molecule has 3 N–H and O–H groups in total. The van der Waals surface area contributed by atoms with Gasteiger partial charge in [0.1, 0.15) is 0 Å². The van der Waals surface area contributed by atoms with Gasteiger partial charge < -0.3 is 15.6 Å². The number of rotatable bonds is 3. The van der Waals surface area contributed by atoms with Crippen molar-refractivity contribution in [1.29, 1.82) is 0 Å². The number of amides is 1. The standard InChI is InChI=1S/C15H19N3O/c1-9-5-11-6-13(3-4-14(11)17-9)18-15(19)10(2)12-7-16-8-12/h3-6,10,12,16-17H,7-8H2,1-2H3,(H,18,19). The summed E-state index contributed by atoms with van der Waals surface area (Å²) in [6.45, 7) is 5.93. The Bertz CT molecular complexity index is 613. The number of benzene rings is 1. The number of anilines is 1. The van der Waals surface area contributed by atoms with E-state index in [1.807, 2.05) is 32.0 Å². The molecule has 1 fully saturated rings. The zero-order chi connectivity index (χ0) is 13.4. The van der Waals surface area contributed by atoms with Crippen LogP contribution in [-0.4, -0.2) is 24.0 Å². The average Bonchev–Trinajstić information content (AvgIpc) is 2.66. The molecule has 3 rings (SSSR count). The summed E-state index contributed by atoms with van der Waals surface area (Å²) in [6, 6.07) is 8.06. The van der Waals surface area contributed by atoms with Gasteiger partial charge >= 0.3 is 0 Å². The Kier molecular flexibility index (Phi) is 3.03. The minimum absolute atomic E-state index is 0.0601. The average molecular weight is 257 g/mol. The Balaban J connectivity index is 1.74. The molecule has 2 heterocycles. The zero-order valence-corrected chi connectivity index (χ0v) is 11.3. The Hall–Kier alpha value is -1.81. The molecule has 0 spiro atoms. The number of aromatic nitrogens is 1. The van der Waals surface area contributed by atoms with Crippen LogP contribution >= 0.6 is 0 Å². The minimum atomic E-state index is 0.0601. The van der Waals surface area contributed by atoms with Crippen LogP contribution < -0.4 is 10.6 Å². The molecule has 0 saturated carbocycles. The molecule has 1 aliphatic heterocycles. The van der Waals surface area contributed by atoms with Crippen molar-refractivity contribution in [2.45, 2.75) is 13.8 Å². The predicted molar refractivity (Wildman–Crippen MR) is 77.2 cm³/mol. The molecule has 1 aromatic carbocycles. The summed E-state index contributed by atoms with van der Waals surface area (Å²) >= 11 is 0. The fraction of sp³-hybridized carbons (Fsp3) is 0.400. The molecule has 0 aliphatic carbocycles. The van der Waals surface area contributed by atoms with Crippen LogP contribution in [0.1, 0.15) is 12.6 Å². The number of hydrogen-bond acceptors (Lipinski definition) is 2. The highest BCUT2D eigenvalue weighted by Crippen LogP contribution is 2.22. The molecule has 1 aliphatic rings. The Morgan fingerprint density at radius 2 is 2.16 bits per heavy atom. The van der Waals surface area contributed by atoms with E-state index < -0.39 is 0 Å². The monoisotopic (exact) mass is 257 g/mol. The van der Waals surface area contributed by atoms with E-state index in [1.54, 1.807) is 0 Å². The number of carbonyl (C=O) groups excluding carboxylic acids is 1. The van der Waals surface area contributed by atoms with Gasteiger partial charge in [0, 0.05) is 28.2 Å². The zero-order valence-electron chi connectivity index (χ0n) is 11.3. The number of aromatic amines is 1. The van der Waals surface area contributed by atoms with Gasteiger partial charge in [-0.25, -0.2) is 0 Å². The van der Waals surface area contributed by atoms with E-state index in [9.17, 15) is 4.79 Å². The number of fused-ring (bicyclic) bond motifs is 1. The van der Waals surface area contributed by atoms with Crippen LogP contribution in [0.25, 0.3) is 10.9 Å². The third kappa shape index (κ3) is 2.36. The van der Waals surface area contributed by atoms with Crippen LogP contribution in [0.4, 0.5) is 5.69 Å². The first-order valence-electron chi connectivity index (χ1n) is 6.74. The fourth-order valence-electron chi connectivity index (χ4n) is 2.49. The van der Waals surface area contributed by atoms with Crippen LogP contribution in [0, 0.1) is 18.8 Å². The maximum atomic E-state index is 12.1. The highest BCUT2D eigenvalue weighted by atomic mass is 16.1. The lowest BCUT2D eigenvalue weighted by Crippen LogP contribution is -2.48. The number of carbonyl (C=O) groups is 1. The van der Waals surface area contributed by atoms with Crippen molar-refractivity contribution < 1.29 is 4.79 Å². The summed E-state index contributed by atoms with van der Waals surface area (Å²) in [5, 5.41) is 7.35. The quantitative estimate of drug-likeness (QED) is 0.790. The van der Waals surface area contributed by atoms with Gasteiger partial charge in [0.15, 0.2) is 0 Å². The molecule has 4 heteroatoms. The van der Waals surface area contributed by atoms with Gasteiger partial charge in [0.25, 0.3) is 0 Å². The van der Waals surface area contributed by atoms with Gasteiger partial charge in [-0.3, -0.25) is 4.79 Å². The predicted octanol–water partition coefficient (Wildman–Crippen LogP) is 2.27. The van der Waals surface area contributed by atoms with Gasteiger partial charge in [0.2, 0.25) is 5.91 Å². The summed E-state index contributed by atoms with van der Waals surface area (Å²) in [5.74, 6) is 0.640. The second kappa shape index (κ2) is 4.70. The van der Waals surface area contributed by atoms with E-state index in [2.05, 4.69) is 21.7 Å². The van der Waals surface area contributed by atoms with Crippen molar-refractivity contribution >= 4 is 22.5 Å². The lowest BCUT2D eigenvalue weighted by molar-refractivity contribution is -0.121. The topological polar surface area (TPSA) is 56.9 Å². The summed E-state index contributed by atoms with van der Waals surface area (Å²) < 4.78 is 0. The molecule has 1 aromatic heterocycles. The van der Waals surface area contributed by atoms with Crippen LogP contribution in [0.5, 0.6) is 0 Å². The molecule has 100 valence electrons. The smallest absolute Gasteiger partial charge is 0.227 e. The summed E-state index contributed by atoms with van der Waals surface area (Å²) in [6.07, 6.45) is 0. The maximum absolute atomic E-state index is 12.1. The van der Waals surface area contributed by atoms with Crippen molar-refractivity contribution in [3.05, 3.63) is 30.0 Å². The van der Waals surface area contributed by atoms with Crippen LogP contribution in [0.15, 0.2) is 24.3 Å².